The number of aromatic amines is 1. The van der Waals surface area contributed by atoms with E-state index in [-0.39, 0.29) is 17.7 Å². The van der Waals surface area contributed by atoms with Crippen molar-refractivity contribution in [2.45, 2.75) is 38.5 Å². The van der Waals surface area contributed by atoms with Crippen LogP contribution in [-0.4, -0.2) is 56.8 Å². The molecule has 5 rings (SSSR count). The highest BCUT2D eigenvalue weighted by atomic mass is 16.5. The van der Waals surface area contributed by atoms with Crippen LogP contribution in [0.2, 0.25) is 0 Å². The van der Waals surface area contributed by atoms with Crippen LogP contribution in [0.3, 0.4) is 0 Å². The summed E-state index contributed by atoms with van der Waals surface area (Å²) in [6, 6.07) is 9.74. The van der Waals surface area contributed by atoms with E-state index < -0.39 is 0 Å². The zero-order valence-corrected chi connectivity index (χ0v) is 17.4. The van der Waals surface area contributed by atoms with Crippen LogP contribution in [0.4, 0.5) is 5.82 Å². The Morgan fingerprint density at radius 1 is 1.23 bits per heavy atom. The number of H-pyrrole nitrogens is 1. The molecule has 1 saturated carbocycles. The number of hydrogen-bond acceptors (Lipinski definition) is 6. The monoisotopic (exact) mass is 408 g/mol. The van der Waals surface area contributed by atoms with E-state index in [1.54, 1.807) is 13.2 Å². The lowest BCUT2D eigenvalue weighted by molar-refractivity contribution is 0.0304. The van der Waals surface area contributed by atoms with Crippen LogP contribution in [0.1, 0.15) is 24.2 Å². The fourth-order valence-electron chi connectivity index (χ4n) is 5.16. The third kappa shape index (κ3) is 3.73. The van der Waals surface area contributed by atoms with Crippen molar-refractivity contribution in [2.24, 2.45) is 11.8 Å². The highest BCUT2D eigenvalue weighted by Gasteiger charge is 2.42. The number of fused-ring (bicyclic) bond motifs is 2. The van der Waals surface area contributed by atoms with Gasteiger partial charge in [-0.05, 0) is 43.7 Å². The molecule has 0 radical (unpaired) electrons. The molecule has 1 aliphatic heterocycles. The Morgan fingerprint density at radius 3 is 2.83 bits per heavy atom. The molecule has 2 N–H and O–H groups in total. The van der Waals surface area contributed by atoms with Crippen molar-refractivity contribution in [3.63, 3.8) is 0 Å². The Morgan fingerprint density at radius 2 is 2.07 bits per heavy atom. The summed E-state index contributed by atoms with van der Waals surface area (Å²) in [4.78, 5) is 23.9. The van der Waals surface area contributed by atoms with E-state index in [4.69, 9.17) is 4.74 Å². The lowest BCUT2D eigenvalue weighted by Gasteiger charge is -2.37. The Labute approximate surface area is 175 Å². The van der Waals surface area contributed by atoms with Gasteiger partial charge in [-0.2, -0.15) is 0 Å². The molecule has 3 aromatic rings. The molecule has 30 heavy (non-hydrogen) atoms. The molecule has 0 spiro atoms. The van der Waals surface area contributed by atoms with Crippen molar-refractivity contribution >= 4 is 11.5 Å². The fourth-order valence-corrected chi connectivity index (χ4v) is 5.16. The fraction of sp³-hybridized carbons (Fsp3) is 0.500. The van der Waals surface area contributed by atoms with Crippen molar-refractivity contribution in [3.05, 3.63) is 58.3 Å². The molecule has 3 aromatic heterocycles. The Balaban J connectivity index is 1.28. The Bertz CT molecular complexity index is 1080. The normalized spacial score (nSPS) is 26.7. The van der Waals surface area contributed by atoms with Gasteiger partial charge < -0.3 is 10.1 Å². The van der Waals surface area contributed by atoms with Gasteiger partial charge in [-0.25, -0.2) is 14.5 Å². The van der Waals surface area contributed by atoms with E-state index in [0.717, 1.165) is 43.1 Å². The number of aromatic nitrogens is 4. The van der Waals surface area contributed by atoms with Crippen LogP contribution in [-0.2, 0) is 11.3 Å². The maximum absolute atomic E-state index is 12.4. The predicted octanol–water partition coefficient (Wildman–Crippen LogP) is 2.06. The second-order valence-corrected chi connectivity index (χ2v) is 8.64. The number of aryl methyl sites for hydroxylation is 1. The van der Waals surface area contributed by atoms with Crippen LogP contribution in [0, 0.1) is 18.8 Å². The molecule has 4 heterocycles. The van der Waals surface area contributed by atoms with Crippen molar-refractivity contribution in [2.75, 3.05) is 25.5 Å². The average molecular weight is 409 g/mol. The van der Waals surface area contributed by atoms with Gasteiger partial charge in [-0.3, -0.25) is 14.8 Å². The molecular formula is C22H28N6O2. The summed E-state index contributed by atoms with van der Waals surface area (Å²) >= 11 is 0. The summed E-state index contributed by atoms with van der Waals surface area (Å²) in [5, 5.41) is 6.60. The van der Waals surface area contributed by atoms with Gasteiger partial charge in [0.25, 0.3) is 5.56 Å². The lowest BCUT2D eigenvalue weighted by Crippen LogP contribution is -2.44. The zero-order valence-electron chi connectivity index (χ0n) is 17.4. The number of nitrogens with one attached hydrogen (secondary N) is 2. The third-order valence-electron chi connectivity index (χ3n) is 6.51. The minimum atomic E-state index is -0.0567. The molecular weight excluding hydrogens is 380 g/mol. The molecule has 4 atom stereocenters. The first-order valence-corrected chi connectivity index (χ1v) is 10.6. The quantitative estimate of drug-likeness (QED) is 0.672. The number of likely N-dealkylation sites (tertiary alicyclic amines) is 1. The number of methoxy groups -OCH3 is 1. The van der Waals surface area contributed by atoms with E-state index in [1.165, 1.54) is 4.52 Å². The zero-order chi connectivity index (χ0) is 20.7. The maximum Gasteiger partial charge on any atom is 0.272 e. The van der Waals surface area contributed by atoms with Crippen LogP contribution in [0.25, 0.3) is 5.65 Å². The average Bonchev–Trinajstić information content (AvgIpc) is 3.30. The molecule has 1 aliphatic carbocycles. The Hall–Kier alpha value is -2.71. The highest BCUT2D eigenvalue weighted by Crippen LogP contribution is 2.38. The van der Waals surface area contributed by atoms with Gasteiger partial charge >= 0.3 is 0 Å². The highest BCUT2D eigenvalue weighted by molar-refractivity contribution is 5.39. The summed E-state index contributed by atoms with van der Waals surface area (Å²) in [6.45, 7) is 4.68. The maximum atomic E-state index is 12.4. The van der Waals surface area contributed by atoms with Crippen LogP contribution in [0.5, 0.6) is 0 Å². The number of rotatable bonds is 5. The topological polar surface area (TPSA) is 87.5 Å². The van der Waals surface area contributed by atoms with E-state index in [0.29, 0.717) is 24.0 Å². The van der Waals surface area contributed by atoms with Gasteiger partial charge in [0, 0.05) is 50.8 Å². The van der Waals surface area contributed by atoms with E-state index in [2.05, 4.69) is 25.3 Å². The molecule has 2 fully saturated rings. The smallest absolute Gasteiger partial charge is 0.272 e. The molecule has 8 nitrogen and oxygen atoms in total. The lowest BCUT2D eigenvalue weighted by atomic mass is 9.77. The van der Waals surface area contributed by atoms with Crippen LogP contribution < -0.4 is 10.9 Å². The van der Waals surface area contributed by atoms with E-state index >= 15 is 0 Å². The molecule has 0 bridgehead atoms. The molecule has 8 heteroatoms. The SMILES string of the molecule is CO[C@@H]1C[C@H]2CN(Cc3cc(=O)n4[nH]c(C)cc4n3)C[C@H]2C[C@H]1Nc1ccccn1. The number of hydrogen-bond donors (Lipinski definition) is 2. The van der Waals surface area contributed by atoms with Crippen molar-refractivity contribution < 1.29 is 4.74 Å². The van der Waals surface area contributed by atoms with Gasteiger partial charge in [0.2, 0.25) is 0 Å². The summed E-state index contributed by atoms with van der Waals surface area (Å²) in [5.41, 5.74) is 2.40. The van der Waals surface area contributed by atoms with Crippen molar-refractivity contribution in [1.82, 2.24) is 24.5 Å². The second-order valence-electron chi connectivity index (χ2n) is 8.64. The summed E-state index contributed by atoms with van der Waals surface area (Å²) in [6.07, 6.45) is 4.08. The molecule has 0 aromatic carbocycles. The molecule has 0 amide bonds. The number of nitrogens with zero attached hydrogens (tertiary/aromatic N) is 4. The summed E-state index contributed by atoms with van der Waals surface area (Å²) in [7, 11) is 1.80. The van der Waals surface area contributed by atoms with E-state index in [1.807, 2.05) is 37.4 Å². The second kappa shape index (κ2) is 7.85. The predicted molar refractivity (Wildman–Crippen MR) is 114 cm³/mol. The first kappa shape index (κ1) is 19.3. The van der Waals surface area contributed by atoms with Crippen LogP contribution >= 0.6 is 0 Å². The van der Waals surface area contributed by atoms with Crippen molar-refractivity contribution in [1.29, 1.82) is 0 Å². The Kier molecular flexibility index (Phi) is 5.04. The first-order valence-electron chi connectivity index (χ1n) is 10.6. The number of anilines is 1. The van der Waals surface area contributed by atoms with Crippen LogP contribution in [0.15, 0.2) is 41.3 Å². The van der Waals surface area contributed by atoms with Gasteiger partial charge in [0.15, 0.2) is 5.65 Å². The first-order chi connectivity index (χ1) is 14.6. The summed E-state index contributed by atoms with van der Waals surface area (Å²) < 4.78 is 7.33. The number of pyridine rings is 1. The van der Waals surface area contributed by atoms with Gasteiger partial charge in [-0.1, -0.05) is 6.07 Å². The summed E-state index contributed by atoms with van der Waals surface area (Å²) in [5.74, 6) is 2.12. The third-order valence-corrected chi connectivity index (χ3v) is 6.51. The molecule has 158 valence electrons. The minimum Gasteiger partial charge on any atom is -0.379 e. The molecule has 0 unspecified atom stereocenters. The van der Waals surface area contributed by atoms with E-state index in [9.17, 15) is 4.79 Å². The van der Waals surface area contributed by atoms with Gasteiger partial charge in [-0.15, -0.1) is 0 Å². The van der Waals surface area contributed by atoms with Gasteiger partial charge in [0.05, 0.1) is 17.8 Å². The number of ether oxygens (including phenoxy) is 1. The standard InChI is InChI=1S/C22H28N6O2/c1-14-7-21-24-17(10-22(29)28(21)26-14)13-27-11-15-8-18(19(30-2)9-16(15)12-27)25-20-5-3-4-6-23-20/h3-7,10,15-16,18-19,26H,8-9,11-13H2,1-2H3,(H,23,25)/t15-,16+,18-,19-/m1/s1. The molecule has 2 aliphatic rings. The van der Waals surface area contributed by atoms with Gasteiger partial charge in [0.1, 0.15) is 5.82 Å². The minimum absolute atomic E-state index is 0.0567. The largest absolute Gasteiger partial charge is 0.379 e. The van der Waals surface area contributed by atoms with Crippen molar-refractivity contribution in [3.8, 4) is 0 Å². The molecule has 1 saturated heterocycles.